The number of nitrogens with zero attached hydrogens (tertiary/aromatic N) is 3. The zero-order valence-electron chi connectivity index (χ0n) is 12.7. The molecule has 0 aliphatic rings. The molecule has 0 spiro atoms. The highest BCUT2D eigenvalue weighted by Gasteiger charge is 2.20. The van der Waals surface area contributed by atoms with Crippen molar-refractivity contribution in [3.63, 3.8) is 0 Å². The van der Waals surface area contributed by atoms with Crippen molar-refractivity contribution in [2.24, 2.45) is 0 Å². The molecule has 1 heterocycles. The first kappa shape index (κ1) is 16.5. The van der Waals surface area contributed by atoms with Gasteiger partial charge in [0.25, 0.3) is 0 Å². The highest BCUT2D eigenvalue weighted by Crippen LogP contribution is 2.16. The van der Waals surface area contributed by atoms with E-state index < -0.39 is 5.97 Å². The molecule has 0 bridgehead atoms. The summed E-state index contributed by atoms with van der Waals surface area (Å²) in [4.78, 5) is 18.0. The zero-order chi connectivity index (χ0) is 15.1. The molecule has 0 radical (unpaired) electrons. The molecule has 1 aromatic heterocycles. The predicted molar refractivity (Wildman–Crippen MR) is 76.7 cm³/mol. The summed E-state index contributed by atoms with van der Waals surface area (Å²) in [5.74, 6) is 0.667. The van der Waals surface area contributed by atoms with Gasteiger partial charge in [-0.3, -0.25) is 0 Å². The summed E-state index contributed by atoms with van der Waals surface area (Å²) in [7, 11) is 5.02. The number of rotatable bonds is 8. The van der Waals surface area contributed by atoms with Gasteiger partial charge in [-0.05, 0) is 7.05 Å². The number of carbonyl (C=O) groups excluding carboxylic acids is 1. The number of likely N-dealkylation sites (N-methyl/N-ethyl adjacent to an activating group) is 1. The number of hydrogen-bond acceptors (Lipinski definition) is 6. The number of imidazole rings is 1. The first-order valence-electron chi connectivity index (χ1n) is 6.65. The Hall–Kier alpha value is -1.60. The lowest BCUT2D eigenvalue weighted by molar-refractivity contribution is 0.0595. The molecule has 2 N–H and O–H groups in total. The Morgan fingerprint density at radius 1 is 1.40 bits per heavy atom. The third-order valence-electron chi connectivity index (χ3n) is 3.16. The van der Waals surface area contributed by atoms with Gasteiger partial charge in [0.05, 0.1) is 13.7 Å². The van der Waals surface area contributed by atoms with E-state index in [2.05, 4.69) is 14.6 Å². The topological polar surface area (TPSA) is 82.6 Å². The van der Waals surface area contributed by atoms with Crippen molar-refractivity contribution in [3.8, 4) is 0 Å². The highest BCUT2D eigenvalue weighted by molar-refractivity contribution is 5.92. The van der Waals surface area contributed by atoms with Crippen LogP contribution in [0.25, 0.3) is 0 Å². The number of esters is 1. The Morgan fingerprint density at radius 3 is 2.65 bits per heavy atom. The van der Waals surface area contributed by atoms with Crippen LogP contribution in [0.1, 0.15) is 23.2 Å². The summed E-state index contributed by atoms with van der Waals surface area (Å²) in [5.41, 5.74) is 6.20. The number of aromatic nitrogens is 2. The van der Waals surface area contributed by atoms with Crippen LogP contribution in [0, 0.1) is 0 Å². The molecule has 0 saturated heterocycles. The minimum Gasteiger partial charge on any atom is -0.464 e. The monoisotopic (exact) mass is 284 g/mol. The summed E-state index contributed by atoms with van der Waals surface area (Å²) in [6.45, 7) is 4.99. The van der Waals surface area contributed by atoms with Crippen molar-refractivity contribution in [1.29, 1.82) is 0 Å². The van der Waals surface area contributed by atoms with Crippen molar-refractivity contribution < 1.29 is 14.3 Å². The Balaban J connectivity index is 2.78. The largest absolute Gasteiger partial charge is 0.464 e. The van der Waals surface area contributed by atoms with Gasteiger partial charge in [0.2, 0.25) is 0 Å². The van der Waals surface area contributed by atoms with Gasteiger partial charge in [-0.2, -0.15) is 0 Å². The van der Waals surface area contributed by atoms with Crippen molar-refractivity contribution >= 4 is 11.8 Å². The van der Waals surface area contributed by atoms with E-state index in [1.54, 1.807) is 7.11 Å². The fourth-order valence-electron chi connectivity index (χ4n) is 1.91. The number of nitrogens with two attached hydrogens (primary N) is 1. The summed E-state index contributed by atoms with van der Waals surface area (Å²) >= 11 is 0. The van der Waals surface area contributed by atoms with Gasteiger partial charge < -0.3 is 24.7 Å². The first-order valence-corrected chi connectivity index (χ1v) is 6.65. The second kappa shape index (κ2) is 7.86. The molecule has 7 heteroatoms. The van der Waals surface area contributed by atoms with Gasteiger partial charge in [-0.15, -0.1) is 0 Å². The molecule has 114 valence electrons. The number of ether oxygens (including phenoxy) is 2. The summed E-state index contributed by atoms with van der Waals surface area (Å²) in [5, 5.41) is 0. The maximum absolute atomic E-state index is 11.6. The van der Waals surface area contributed by atoms with Gasteiger partial charge in [0.15, 0.2) is 5.69 Å². The van der Waals surface area contributed by atoms with E-state index in [0.29, 0.717) is 25.4 Å². The molecule has 0 aromatic carbocycles. The van der Waals surface area contributed by atoms with Gasteiger partial charge in [-0.25, -0.2) is 9.78 Å². The van der Waals surface area contributed by atoms with Gasteiger partial charge in [0.1, 0.15) is 11.6 Å². The van der Waals surface area contributed by atoms with Crippen LogP contribution < -0.4 is 5.73 Å². The van der Waals surface area contributed by atoms with Gasteiger partial charge in [-0.1, -0.05) is 6.92 Å². The van der Waals surface area contributed by atoms with E-state index in [1.807, 2.05) is 18.5 Å². The molecule has 0 unspecified atom stereocenters. The third-order valence-corrected chi connectivity index (χ3v) is 3.16. The van der Waals surface area contributed by atoms with Gasteiger partial charge >= 0.3 is 5.97 Å². The predicted octanol–water partition coefficient (Wildman–Crippen LogP) is 0.393. The van der Waals surface area contributed by atoms with Crippen molar-refractivity contribution in [2.75, 3.05) is 46.7 Å². The molecule has 0 atom stereocenters. The number of anilines is 1. The van der Waals surface area contributed by atoms with E-state index >= 15 is 0 Å². The average molecular weight is 284 g/mol. The molecule has 20 heavy (non-hydrogen) atoms. The van der Waals surface area contributed by atoms with Crippen LogP contribution in [0.4, 0.5) is 5.82 Å². The van der Waals surface area contributed by atoms with E-state index in [-0.39, 0.29) is 5.69 Å². The summed E-state index contributed by atoms with van der Waals surface area (Å²) in [6.07, 6.45) is 0.711. The van der Waals surface area contributed by atoms with Crippen LogP contribution in [0.3, 0.4) is 0 Å². The summed E-state index contributed by atoms with van der Waals surface area (Å²) in [6, 6.07) is 0. The number of aryl methyl sites for hydroxylation is 1. The molecule has 1 rings (SSSR count). The Morgan fingerprint density at radius 2 is 2.10 bits per heavy atom. The third kappa shape index (κ3) is 3.94. The number of carbonyl (C=O) groups is 1. The van der Waals surface area contributed by atoms with E-state index in [0.717, 1.165) is 18.9 Å². The van der Waals surface area contributed by atoms with Crippen LogP contribution in [0.5, 0.6) is 0 Å². The summed E-state index contributed by atoms with van der Waals surface area (Å²) < 4.78 is 11.6. The van der Waals surface area contributed by atoms with E-state index in [9.17, 15) is 4.79 Å². The van der Waals surface area contributed by atoms with Crippen LogP contribution in [-0.4, -0.2) is 61.4 Å². The fraction of sp³-hybridized carbons (Fsp3) is 0.692. The van der Waals surface area contributed by atoms with E-state index in [4.69, 9.17) is 10.5 Å². The minimum atomic E-state index is -0.497. The Kier molecular flexibility index (Phi) is 6.47. The number of hydrogen-bond donors (Lipinski definition) is 1. The molecule has 0 amide bonds. The highest BCUT2D eigenvalue weighted by atomic mass is 16.5. The average Bonchev–Trinajstić information content (AvgIpc) is 2.78. The second-order valence-electron chi connectivity index (χ2n) is 4.55. The standard InChI is InChI=1S/C13H24N4O3/c1-5-10-15-11(13(18)20-4)12(14)17(10)7-6-16(2)8-9-19-3/h5-9,14H2,1-4H3. The lowest BCUT2D eigenvalue weighted by Gasteiger charge is -2.17. The van der Waals surface area contributed by atoms with Crippen LogP contribution in [-0.2, 0) is 22.4 Å². The first-order chi connectivity index (χ1) is 9.54. The molecule has 0 aliphatic carbocycles. The van der Waals surface area contributed by atoms with Crippen molar-refractivity contribution in [2.45, 2.75) is 19.9 Å². The van der Waals surface area contributed by atoms with Crippen molar-refractivity contribution in [3.05, 3.63) is 11.5 Å². The van der Waals surface area contributed by atoms with Crippen molar-refractivity contribution in [1.82, 2.24) is 14.5 Å². The lowest BCUT2D eigenvalue weighted by Crippen LogP contribution is -2.27. The Bertz CT molecular complexity index is 445. The molecule has 1 aromatic rings. The molecule has 0 fully saturated rings. The number of methoxy groups -OCH3 is 2. The lowest BCUT2D eigenvalue weighted by atomic mass is 10.4. The van der Waals surface area contributed by atoms with Crippen LogP contribution in [0.15, 0.2) is 0 Å². The molecule has 7 nitrogen and oxygen atoms in total. The quantitative estimate of drug-likeness (QED) is 0.695. The maximum Gasteiger partial charge on any atom is 0.360 e. The molecular weight excluding hydrogens is 260 g/mol. The number of nitrogen functional groups attached to an aromatic ring is 1. The SMILES string of the molecule is CCc1nc(C(=O)OC)c(N)n1CCN(C)CCOC. The molecule has 0 saturated carbocycles. The van der Waals surface area contributed by atoms with Gasteiger partial charge in [0, 0.05) is 33.2 Å². The molecule has 0 aliphatic heterocycles. The smallest absolute Gasteiger partial charge is 0.360 e. The normalized spacial score (nSPS) is 11.1. The van der Waals surface area contributed by atoms with E-state index in [1.165, 1.54) is 7.11 Å². The zero-order valence-corrected chi connectivity index (χ0v) is 12.7. The minimum absolute atomic E-state index is 0.198. The maximum atomic E-state index is 11.6. The fourth-order valence-corrected chi connectivity index (χ4v) is 1.91. The second-order valence-corrected chi connectivity index (χ2v) is 4.55. The van der Waals surface area contributed by atoms with Crippen LogP contribution >= 0.6 is 0 Å². The Labute approximate surface area is 119 Å². The molecular formula is C13H24N4O3. The van der Waals surface area contributed by atoms with Crippen LogP contribution in [0.2, 0.25) is 0 Å².